The van der Waals surface area contributed by atoms with E-state index in [0.717, 1.165) is 17.8 Å². The van der Waals surface area contributed by atoms with Crippen LogP contribution in [0.15, 0.2) is 97.1 Å². The Kier molecular flexibility index (Phi) is 8.30. The van der Waals surface area contributed by atoms with Crippen LogP contribution < -0.4 is 0 Å². The number of hydrogen-bond donors (Lipinski definition) is 1. The summed E-state index contributed by atoms with van der Waals surface area (Å²) in [5.41, 5.74) is 5.12. The number of nitrogens with zero attached hydrogens (tertiary/aromatic N) is 1. The fraction of sp³-hybridized carbons (Fsp3) is 0.250. The maximum Gasteiger partial charge on any atom is 0.0491 e. The summed E-state index contributed by atoms with van der Waals surface area (Å²) in [4.78, 5) is 3.38. The Morgan fingerprint density at radius 2 is 0.943 bits per heavy atom. The number of fused-ring (bicyclic) bond motifs is 6. The van der Waals surface area contributed by atoms with Gasteiger partial charge in [-0.2, -0.15) is 0 Å². The molecular weight excluding hydrogens is 492 g/mol. The van der Waals surface area contributed by atoms with E-state index in [4.69, 9.17) is 0 Å². The molecule has 0 aliphatic rings. The molecule has 0 atom stereocenters. The molecule has 0 aliphatic heterocycles. The van der Waals surface area contributed by atoms with Crippen molar-refractivity contribution >= 4 is 59.5 Å². The second kappa shape index (κ2) is 11.6. The van der Waals surface area contributed by atoms with Crippen LogP contribution >= 0.6 is 15.9 Å². The Morgan fingerprint density at radius 3 is 1.34 bits per heavy atom. The predicted octanol–water partition coefficient (Wildman–Crippen LogP) is 9.81. The lowest BCUT2D eigenvalue weighted by molar-refractivity contribution is 0.545. The highest BCUT2D eigenvalue weighted by Gasteiger charge is 2.09. The zero-order valence-electron chi connectivity index (χ0n) is 21.1. The minimum atomic E-state index is 0.661. The Morgan fingerprint density at radius 1 is 0.571 bits per heavy atom. The number of benzene rings is 4. The first-order valence-corrected chi connectivity index (χ1v) is 13.6. The van der Waals surface area contributed by atoms with Gasteiger partial charge in [0, 0.05) is 55.5 Å². The van der Waals surface area contributed by atoms with Gasteiger partial charge in [0.15, 0.2) is 0 Å². The average molecular weight is 528 g/mol. The van der Waals surface area contributed by atoms with Gasteiger partial charge in [0.1, 0.15) is 0 Å². The summed E-state index contributed by atoms with van der Waals surface area (Å²) in [6.45, 7) is 9.96. The molecule has 0 saturated carbocycles. The molecule has 6 rings (SSSR count). The predicted molar refractivity (Wildman–Crippen MR) is 159 cm³/mol. The Hall–Kier alpha value is -3.04. The first-order valence-electron chi connectivity index (χ1n) is 12.5. The van der Waals surface area contributed by atoms with Crippen LogP contribution in [0.25, 0.3) is 43.6 Å². The lowest BCUT2D eigenvalue weighted by atomic mass is 10.2. The molecule has 0 amide bonds. The summed E-state index contributed by atoms with van der Waals surface area (Å²) in [7, 11) is 0. The highest BCUT2D eigenvalue weighted by molar-refractivity contribution is 9.09. The summed E-state index contributed by atoms with van der Waals surface area (Å²) in [5.74, 6) is 1.46. The lowest BCUT2D eigenvalue weighted by Crippen LogP contribution is -2.03. The first kappa shape index (κ1) is 25.1. The molecular formula is C32H35BrN2. The van der Waals surface area contributed by atoms with Gasteiger partial charge in [-0.3, -0.25) is 0 Å². The third-order valence-electron chi connectivity index (χ3n) is 5.95. The standard InChI is InChI=1S/C16H17N.C12H9N.C4H9Br/c1-12(2)11-17-15-9-5-3-7-13(15)14-8-4-6-10-16(14)17;1-3-7-11-9(5-1)10-6-2-4-8-12(10)13-11;1-4(2)3-5/h3-10,12H,11H2,1-2H3;1-8,13H;4H,3H2,1-2H3. The van der Waals surface area contributed by atoms with E-state index in [1.54, 1.807) is 0 Å². The molecule has 0 radical (unpaired) electrons. The fourth-order valence-corrected chi connectivity index (χ4v) is 4.36. The maximum absolute atomic E-state index is 3.38. The second-order valence-electron chi connectivity index (χ2n) is 9.80. The molecule has 0 saturated heterocycles. The van der Waals surface area contributed by atoms with Crippen molar-refractivity contribution in [2.75, 3.05) is 5.33 Å². The molecule has 0 fully saturated rings. The summed E-state index contributed by atoms with van der Waals surface area (Å²) in [6.07, 6.45) is 0. The van der Waals surface area contributed by atoms with Gasteiger partial charge in [-0.15, -0.1) is 0 Å². The maximum atomic E-state index is 3.38. The van der Waals surface area contributed by atoms with Gasteiger partial charge >= 0.3 is 0 Å². The van der Waals surface area contributed by atoms with E-state index in [1.807, 2.05) is 0 Å². The smallest absolute Gasteiger partial charge is 0.0491 e. The van der Waals surface area contributed by atoms with Gasteiger partial charge in [0.25, 0.3) is 0 Å². The van der Waals surface area contributed by atoms with Crippen molar-refractivity contribution in [2.24, 2.45) is 11.8 Å². The first-order chi connectivity index (χ1) is 17.0. The van der Waals surface area contributed by atoms with E-state index in [0.29, 0.717) is 5.92 Å². The minimum absolute atomic E-state index is 0.661. The third kappa shape index (κ3) is 5.79. The number of para-hydroxylation sites is 4. The number of H-pyrrole nitrogens is 1. The number of halogens is 1. The van der Waals surface area contributed by atoms with Crippen molar-refractivity contribution < 1.29 is 0 Å². The SMILES string of the molecule is CC(C)CBr.CC(C)Cn1c2ccccc2c2ccccc21.c1ccc2c(c1)[nH]c1ccccc12. The monoisotopic (exact) mass is 526 g/mol. The van der Waals surface area contributed by atoms with Crippen molar-refractivity contribution in [3.63, 3.8) is 0 Å². The minimum Gasteiger partial charge on any atom is -0.355 e. The van der Waals surface area contributed by atoms with E-state index in [1.165, 1.54) is 43.6 Å². The summed E-state index contributed by atoms with van der Waals surface area (Å²) >= 11 is 3.31. The molecule has 2 heterocycles. The van der Waals surface area contributed by atoms with Crippen molar-refractivity contribution in [1.29, 1.82) is 0 Å². The average Bonchev–Trinajstić information content (AvgIpc) is 3.41. The molecule has 0 unspecified atom stereocenters. The van der Waals surface area contributed by atoms with E-state index >= 15 is 0 Å². The zero-order valence-corrected chi connectivity index (χ0v) is 22.7. The topological polar surface area (TPSA) is 20.7 Å². The van der Waals surface area contributed by atoms with Gasteiger partial charge < -0.3 is 9.55 Å². The number of aromatic amines is 1. The molecule has 2 nitrogen and oxygen atoms in total. The van der Waals surface area contributed by atoms with Gasteiger partial charge in [0.05, 0.1) is 0 Å². The molecule has 0 aliphatic carbocycles. The second-order valence-corrected chi connectivity index (χ2v) is 10.5. The third-order valence-corrected chi connectivity index (χ3v) is 7.24. The highest BCUT2D eigenvalue weighted by Crippen LogP contribution is 2.29. The molecule has 3 heteroatoms. The molecule has 4 aromatic carbocycles. The van der Waals surface area contributed by atoms with Crippen LogP contribution in [0.5, 0.6) is 0 Å². The van der Waals surface area contributed by atoms with E-state index < -0.39 is 0 Å². The van der Waals surface area contributed by atoms with Crippen LogP contribution in [0.3, 0.4) is 0 Å². The van der Waals surface area contributed by atoms with Crippen LogP contribution in [0.2, 0.25) is 0 Å². The Labute approximate surface area is 217 Å². The Bertz CT molecular complexity index is 1420. The van der Waals surface area contributed by atoms with Crippen LogP contribution in [0.4, 0.5) is 0 Å². The quantitative estimate of drug-likeness (QED) is 0.221. The summed E-state index contributed by atoms with van der Waals surface area (Å²) in [6, 6.07) is 34.1. The number of alkyl halides is 1. The lowest BCUT2D eigenvalue weighted by Gasteiger charge is -2.09. The van der Waals surface area contributed by atoms with Crippen LogP contribution in [-0.2, 0) is 6.54 Å². The molecule has 1 N–H and O–H groups in total. The molecule has 180 valence electrons. The van der Waals surface area contributed by atoms with Gasteiger partial charge in [-0.1, -0.05) is 116 Å². The van der Waals surface area contributed by atoms with Gasteiger partial charge in [0.2, 0.25) is 0 Å². The van der Waals surface area contributed by atoms with Crippen molar-refractivity contribution in [2.45, 2.75) is 34.2 Å². The van der Waals surface area contributed by atoms with Gasteiger partial charge in [-0.25, -0.2) is 0 Å². The number of nitrogens with one attached hydrogen (secondary N) is 1. The van der Waals surface area contributed by atoms with E-state index in [2.05, 4.69) is 150 Å². The molecule has 0 bridgehead atoms. The molecule has 6 aromatic rings. The van der Waals surface area contributed by atoms with Crippen LogP contribution in [0.1, 0.15) is 27.7 Å². The number of hydrogen-bond acceptors (Lipinski definition) is 0. The van der Waals surface area contributed by atoms with Crippen LogP contribution in [-0.4, -0.2) is 14.9 Å². The van der Waals surface area contributed by atoms with E-state index in [9.17, 15) is 0 Å². The van der Waals surface area contributed by atoms with Crippen LogP contribution in [0, 0.1) is 11.8 Å². The summed E-state index contributed by atoms with van der Waals surface area (Å²) < 4.78 is 2.44. The number of rotatable bonds is 3. The largest absolute Gasteiger partial charge is 0.355 e. The summed E-state index contributed by atoms with van der Waals surface area (Å²) in [5, 5.41) is 6.45. The molecule has 0 spiro atoms. The highest BCUT2D eigenvalue weighted by atomic mass is 79.9. The van der Waals surface area contributed by atoms with E-state index in [-0.39, 0.29) is 0 Å². The van der Waals surface area contributed by atoms with Gasteiger partial charge in [-0.05, 0) is 36.1 Å². The van der Waals surface area contributed by atoms with Crippen molar-refractivity contribution in [3.05, 3.63) is 97.1 Å². The number of aromatic nitrogens is 2. The van der Waals surface area contributed by atoms with Crippen molar-refractivity contribution in [3.8, 4) is 0 Å². The Balaban J connectivity index is 0.000000142. The molecule has 35 heavy (non-hydrogen) atoms. The normalized spacial score (nSPS) is 11.2. The zero-order chi connectivity index (χ0) is 24.8. The van der Waals surface area contributed by atoms with Crippen molar-refractivity contribution in [1.82, 2.24) is 9.55 Å². The fourth-order valence-electron chi connectivity index (χ4n) is 4.36. The molecule has 2 aromatic heterocycles.